The van der Waals surface area contributed by atoms with Crippen LogP contribution in [-0.4, -0.2) is 35.7 Å². The summed E-state index contributed by atoms with van der Waals surface area (Å²) in [6, 6.07) is 8.20. The third-order valence-electron chi connectivity index (χ3n) is 3.72. The number of carbonyl (C=O) groups excluding carboxylic acids is 1. The lowest BCUT2D eigenvalue weighted by Crippen LogP contribution is -2.41. The lowest BCUT2D eigenvalue weighted by molar-refractivity contribution is 0.0205. The smallest absolute Gasteiger partial charge is 0.410 e. The summed E-state index contributed by atoms with van der Waals surface area (Å²) < 4.78 is 10.7. The summed E-state index contributed by atoms with van der Waals surface area (Å²) in [6.45, 7) is 7.14. The van der Waals surface area contributed by atoms with Crippen LogP contribution < -0.4 is 4.74 Å². The maximum Gasteiger partial charge on any atom is 0.410 e. The van der Waals surface area contributed by atoms with Crippen molar-refractivity contribution in [2.24, 2.45) is 0 Å². The third-order valence-corrected chi connectivity index (χ3v) is 3.83. The molecule has 5 heteroatoms. The van der Waals surface area contributed by atoms with E-state index in [9.17, 15) is 4.79 Å². The second kappa shape index (κ2) is 7.23. The van der Waals surface area contributed by atoms with Crippen LogP contribution in [0.3, 0.4) is 0 Å². The molecule has 0 N–H and O–H groups in total. The molecule has 0 aliphatic carbocycles. The Kier molecular flexibility index (Phi) is 5.57. The molecular formula is C17H24ClNO3. The normalized spacial score (nSPS) is 16.5. The molecule has 22 heavy (non-hydrogen) atoms. The molecule has 0 bridgehead atoms. The molecule has 1 heterocycles. The van der Waals surface area contributed by atoms with E-state index in [2.05, 4.69) is 12.1 Å². The number of rotatable bonds is 3. The van der Waals surface area contributed by atoms with E-state index in [1.165, 1.54) is 5.56 Å². The fraction of sp³-hybridized carbons (Fsp3) is 0.588. The van der Waals surface area contributed by atoms with Gasteiger partial charge in [-0.15, -0.1) is 0 Å². The van der Waals surface area contributed by atoms with Crippen molar-refractivity contribution in [1.82, 2.24) is 4.90 Å². The van der Waals surface area contributed by atoms with Crippen molar-refractivity contribution in [2.75, 3.05) is 19.2 Å². The van der Waals surface area contributed by atoms with Crippen molar-refractivity contribution >= 4 is 17.7 Å². The number of benzene rings is 1. The van der Waals surface area contributed by atoms with Crippen LogP contribution in [0.25, 0.3) is 0 Å². The number of carbonyl (C=O) groups is 1. The molecule has 4 nitrogen and oxygen atoms in total. The maximum atomic E-state index is 12.0. The predicted molar refractivity (Wildman–Crippen MR) is 87.6 cm³/mol. The van der Waals surface area contributed by atoms with Gasteiger partial charge in [0.2, 0.25) is 0 Å². The summed E-state index contributed by atoms with van der Waals surface area (Å²) in [5, 5.41) is 0. The molecule has 0 spiro atoms. The van der Waals surface area contributed by atoms with Crippen molar-refractivity contribution in [3.63, 3.8) is 0 Å². The Morgan fingerprint density at radius 2 is 1.82 bits per heavy atom. The monoisotopic (exact) mass is 325 g/mol. The number of hydrogen-bond acceptors (Lipinski definition) is 3. The first kappa shape index (κ1) is 16.9. The van der Waals surface area contributed by atoms with Crippen molar-refractivity contribution in [1.29, 1.82) is 0 Å². The molecule has 0 radical (unpaired) electrons. The zero-order chi connectivity index (χ0) is 16.2. The van der Waals surface area contributed by atoms with Crippen molar-refractivity contribution in [3.8, 4) is 5.75 Å². The summed E-state index contributed by atoms with van der Waals surface area (Å²) >= 11 is 5.54. The van der Waals surface area contributed by atoms with Crippen LogP contribution in [0.1, 0.15) is 45.1 Å². The van der Waals surface area contributed by atoms with E-state index in [0.717, 1.165) is 31.7 Å². The fourth-order valence-corrected chi connectivity index (χ4v) is 2.75. The van der Waals surface area contributed by atoms with Crippen LogP contribution in [0.2, 0.25) is 0 Å². The second-order valence-electron chi connectivity index (χ2n) is 6.56. The van der Waals surface area contributed by atoms with Crippen LogP contribution in [0.4, 0.5) is 4.79 Å². The average molecular weight is 326 g/mol. The molecule has 122 valence electrons. The van der Waals surface area contributed by atoms with Gasteiger partial charge in [0, 0.05) is 13.1 Å². The van der Waals surface area contributed by atoms with Gasteiger partial charge in [-0.3, -0.25) is 0 Å². The summed E-state index contributed by atoms with van der Waals surface area (Å²) in [5.74, 6) is 1.26. The highest BCUT2D eigenvalue weighted by atomic mass is 35.5. The highest BCUT2D eigenvalue weighted by molar-refractivity contribution is 6.17. The number of alkyl halides is 1. The fourth-order valence-electron chi connectivity index (χ4n) is 2.62. The number of halogens is 1. The van der Waals surface area contributed by atoms with E-state index < -0.39 is 5.60 Å². The van der Waals surface area contributed by atoms with E-state index in [0.29, 0.717) is 5.92 Å². The van der Waals surface area contributed by atoms with Crippen molar-refractivity contribution in [2.45, 2.75) is 45.1 Å². The number of amides is 1. The van der Waals surface area contributed by atoms with Gasteiger partial charge in [0.05, 0.1) is 0 Å². The number of ether oxygens (including phenoxy) is 2. The molecule has 1 amide bonds. The molecule has 1 fully saturated rings. The van der Waals surface area contributed by atoms with Crippen LogP contribution in [0.5, 0.6) is 5.75 Å². The number of hydrogen-bond donors (Lipinski definition) is 0. The molecule has 0 saturated carbocycles. The largest absolute Gasteiger partial charge is 0.478 e. The zero-order valence-corrected chi connectivity index (χ0v) is 14.2. The van der Waals surface area contributed by atoms with Gasteiger partial charge in [-0.1, -0.05) is 23.7 Å². The second-order valence-corrected chi connectivity index (χ2v) is 6.78. The van der Waals surface area contributed by atoms with Gasteiger partial charge in [0.1, 0.15) is 11.4 Å². The first-order valence-electron chi connectivity index (χ1n) is 7.66. The van der Waals surface area contributed by atoms with Crippen molar-refractivity contribution < 1.29 is 14.3 Å². The number of likely N-dealkylation sites (tertiary alicyclic amines) is 1. The standard InChI is InChI=1S/C17H24ClNO3/c1-17(2,3)22-16(20)19-10-8-14(9-11-19)13-4-6-15(7-5-13)21-12-18/h4-7,14H,8-12H2,1-3H3. The molecule has 2 rings (SSSR count). The molecule has 1 aliphatic heterocycles. The minimum Gasteiger partial charge on any atom is -0.478 e. The van der Waals surface area contributed by atoms with Gasteiger partial charge < -0.3 is 14.4 Å². The lowest BCUT2D eigenvalue weighted by atomic mass is 9.89. The first-order valence-corrected chi connectivity index (χ1v) is 8.19. The van der Waals surface area contributed by atoms with Crippen LogP contribution in [-0.2, 0) is 4.74 Å². The predicted octanol–water partition coefficient (Wildman–Crippen LogP) is 4.38. The minimum atomic E-state index is -0.438. The van der Waals surface area contributed by atoms with Gasteiger partial charge in [-0.2, -0.15) is 0 Å². The summed E-state index contributed by atoms with van der Waals surface area (Å²) in [7, 11) is 0. The highest BCUT2D eigenvalue weighted by Gasteiger charge is 2.27. The lowest BCUT2D eigenvalue weighted by Gasteiger charge is -2.33. The topological polar surface area (TPSA) is 38.8 Å². The van der Waals surface area contributed by atoms with E-state index in [1.54, 1.807) is 4.90 Å². The average Bonchev–Trinajstić information content (AvgIpc) is 2.47. The van der Waals surface area contributed by atoms with Crippen molar-refractivity contribution in [3.05, 3.63) is 29.8 Å². The minimum absolute atomic E-state index is 0.160. The Labute approximate surface area is 137 Å². The van der Waals surface area contributed by atoms with Crippen LogP contribution in [0, 0.1) is 0 Å². The molecule has 0 unspecified atom stereocenters. The molecular weight excluding hydrogens is 302 g/mol. The summed E-state index contributed by atoms with van der Waals surface area (Å²) in [5.41, 5.74) is 0.845. The molecule has 1 saturated heterocycles. The molecule has 1 aromatic rings. The SMILES string of the molecule is CC(C)(C)OC(=O)N1CCC(c2ccc(OCCl)cc2)CC1. The highest BCUT2D eigenvalue weighted by Crippen LogP contribution is 2.29. The molecule has 1 aliphatic rings. The quantitative estimate of drug-likeness (QED) is 0.774. The summed E-state index contributed by atoms with van der Waals surface area (Å²) in [4.78, 5) is 13.8. The Hall–Kier alpha value is -1.42. The Morgan fingerprint density at radius 1 is 1.23 bits per heavy atom. The number of nitrogens with zero attached hydrogens (tertiary/aromatic N) is 1. The van der Waals surface area contributed by atoms with Gasteiger partial charge >= 0.3 is 6.09 Å². The Balaban J connectivity index is 1.87. The summed E-state index contributed by atoms with van der Waals surface area (Å²) in [6.07, 6.45) is 1.70. The Bertz CT molecular complexity index is 488. The number of piperidine rings is 1. The molecule has 1 aromatic carbocycles. The maximum absolute atomic E-state index is 12.0. The van der Waals surface area contributed by atoms with Gasteiger partial charge in [0.25, 0.3) is 0 Å². The first-order chi connectivity index (χ1) is 10.4. The Morgan fingerprint density at radius 3 is 2.32 bits per heavy atom. The molecule has 0 atom stereocenters. The zero-order valence-electron chi connectivity index (χ0n) is 13.5. The van der Waals surface area contributed by atoms with Crippen LogP contribution in [0.15, 0.2) is 24.3 Å². The van der Waals surface area contributed by atoms with Gasteiger partial charge in [0.15, 0.2) is 6.07 Å². The van der Waals surface area contributed by atoms with Gasteiger partial charge in [-0.25, -0.2) is 4.79 Å². The van der Waals surface area contributed by atoms with E-state index >= 15 is 0 Å². The molecule has 0 aromatic heterocycles. The van der Waals surface area contributed by atoms with E-state index in [-0.39, 0.29) is 12.2 Å². The third kappa shape index (κ3) is 4.80. The van der Waals surface area contributed by atoms with E-state index in [1.807, 2.05) is 32.9 Å². The van der Waals surface area contributed by atoms with Crippen LogP contribution >= 0.6 is 11.6 Å². The van der Waals surface area contributed by atoms with Gasteiger partial charge in [-0.05, 0) is 57.2 Å². The van der Waals surface area contributed by atoms with E-state index in [4.69, 9.17) is 21.1 Å².